The van der Waals surface area contributed by atoms with Gasteiger partial charge in [0.15, 0.2) is 0 Å². The Bertz CT molecular complexity index is 708. The van der Waals surface area contributed by atoms with Gasteiger partial charge in [0.1, 0.15) is 5.60 Å². The third-order valence-electron chi connectivity index (χ3n) is 6.59. The zero-order valence-electron chi connectivity index (χ0n) is 14.6. The average Bonchev–Trinajstić information content (AvgIpc) is 2.96. The Morgan fingerprint density at radius 2 is 1.87 bits per heavy atom. The standard InChI is InChI=1S/C20H28N2O/c1-4-19(22(2)3)10-12-20(13-11-19)18-16(9-14-23-20)15-7-5-6-8-17(15)21-18/h5-8,21H,4,9-14H2,1-3H3. The maximum absolute atomic E-state index is 6.43. The van der Waals surface area contributed by atoms with Gasteiger partial charge >= 0.3 is 0 Å². The van der Waals surface area contributed by atoms with Crippen molar-refractivity contribution in [2.24, 2.45) is 0 Å². The number of nitrogens with one attached hydrogen (secondary N) is 1. The van der Waals surface area contributed by atoms with Crippen molar-refractivity contribution < 1.29 is 4.74 Å². The van der Waals surface area contributed by atoms with E-state index in [-0.39, 0.29) is 5.60 Å². The number of aromatic nitrogens is 1. The SMILES string of the molecule is CCC1(N(C)C)CCC2(CC1)OCCc1c2[nH]c2ccccc12. The first-order chi connectivity index (χ1) is 11.1. The van der Waals surface area contributed by atoms with Crippen molar-refractivity contribution in [3.8, 4) is 0 Å². The summed E-state index contributed by atoms with van der Waals surface area (Å²) in [5, 5.41) is 1.39. The normalized spacial score (nSPS) is 31.0. The molecule has 1 saturated carbocycles. The molecule has 1 aromatic carbocycles. The summed E-state index contributed by atoms with van der Waals surface area (Å²) >= 11 is 0. The maximum atomic E-state index is 6.43. The highest BCUT2D eigenvalue weighted by atomic mass is 16.5. The van der Waals surface area contributed by atoms with Gasteiger partial charge in [0.25, 0.3) is 0 Å². The number of benzene rings is 1. The summed E-state index contributed by atoms with van der Waals surface area (Å²) in [4.78, 5) is 6.15. The van der Waals surface area contributed by atoms with Gasteiger partial charge in [-0.05, 0) is 64.3 Å². The van der Waals surface area contributed by atoms with E-state index in [9.17, 15) is 0 Å². The summed E-state index contributed by atoms with van der Waals surface area (Å²) in [6, 6.07) is 8.71. The van der Waals surface area contributed by atoms with Crippen LogP contribution in [0.25, 0.3) is 10.9 Å². The predicted molar refractivity (Wildman–Crippen MR) is 94.8 cm³/mol. The highest BCUT2D eigenvalue weighted by Gasteiger charge is 2.47. The van der Waals surface area contributed by atoms with Crippen LogP contribution in [-0.2, 0) is 16.8 Å². The molecule has 1 fully saturated rings. The van der Waals surface area contributed by atoms with Crippen LogP contribution in [0.2, 0.25) is 0 Å². The van der Waals surface area contributed by atoms with Crippen molar-refractivity contribution in [1.82, 2.24) is 9.88 Å². The number of aromatic amines is 1. The fourth-order valence-electron chi connectivity index (χ4n) is 4.90. The summed E-state index contributed by atoms with van der Waals surface area (Å²) in [5.74, 6) is 0. The van der Waals surface area contributed by atoms with Crippen LogP contribution in [0.5, 0.6) is 0 Å². The topological polar surface area (TPSA) is 28.3 Å². The lowest BCUT2D eigenvalue weighted by molar-refractivity contribution is -0.112. The van der Waals surface area contributed by atoms with E-state index in [1.807, 2.05) is 0 Å². The van der Waals surface area contributed by atoms with Gasteiger partial charge in [0.2, 0.25) is 0 Å². The van der Waals surface area contributed by atoms with E-state index in [1.54, 1.807) is 0 Å². The Labute approximate surface area is 139 Å². The molecule has 1 N–H and O–H groups in total. The predicted octanol–water partition coefficient (Wildman–Crippen LogP) is 4.22. The number of rotatable bonds is 2. The second-order valence-corrected chi connectivity index (χ2v) is 7.59. The van der Waals surface area contributed by atoms with Crippen molar-refractivity contribution in [3.63, 3.8) is 0 Å². The van der Waals surface area contributed by atoms with Gasteiger partial charge in [0.05, 0.1) is 12.3 Å². The molecular weight excluding hydrogens is 284 g/mol. The summed E-state index contributed by atoms with van der Waals surface area (Å²) in [7, 11) is 4.47. The molecule has 2 aliphatic rings. The van der Waals surface area contributed by atoms with Crippen LogP contribution < -0.4 is 0 Å². The van der Waals surface area contributed by atoms with Crippen molar-refractivity contribution in [1.29, 1.82) is 0 Å². The first-order valence-electron chi connectivity index (χ1n) is 9.02. The van der Waals surface area contributed by atoms with E-state index in [1.165, 1.54) is 41.4 Å². The average molecular weight is 312 g/mol. The second kappa shape index (κ2) is 5.35. The highest BCUT2D eigenvalue weighted by Crippen LogP contribution is 2.50. The molecule has 0 saturated heterocycles. The monoisotopic (exact) mass is 312 g/mol. The molecule has 23 heavy (non-hydrogen) atoms. The molecule has 1 aromatic heterocycles. The Morgan fingerprint density at radius 1 is 1.13 bits per heavy atom. The lowest BCUT2D eigenvalue weighted by Gasteiger charge is -2.50. The smallest absolute Gasteiger partial charge is 0.108 e. The molecule has 1 aliphatic carbocycles. The number of para-hydroxylation sites is 1. The summed E-state index contributed by atoms with van der Waals surface area (Å²) in [6.45, 7) is 3.18. The van der Waals surface area contributed by atoms with Crippen LogP contribution in [0.15, 0.2) is 24.3 Å². The molecule has 0 atom stereocenters. The highest BCUT2D eigenvalue weighted by molar-refractivity contribution is 5.85. The minimum absolute atomic E-state index is 0.0821. The van der Waals surface area contributed by atoms with Crippen LogP contribution in [0, 0.1) is 0 Å². The Balaban J connectivity index is 1.73. The third-order valence-corrected chi connectivity index (χ3v) is 6.59. The summed E-state index contributed by atoms with van der Waals surface area (Å²) in [6.07, 6.45) is 6.93. The van der Waals surface area contributed by atoms with E-state index >= 15 is 0 Å². The lowest BCUT2D eigenvalue weighted by atomic mass is 9.69. The zero-order valence-corrected chi connectivity index (χ0v) is 14.6. The minimum Gasteiger partial charge on any atom is -0.368 e. The van der Waals surface area contributed by atoms with Crippen LogP contribution in [-0.4, -0.2) is 36.1 Å². The number of fused-ring (bicyclic) bond motifs is 4. The van der Waals surface area contributed by atoms with Crippen LogP contribution in [0.4, 0.5) is 0 Å². The van der Waals surface area contributed by atoms with Gasteiger partial charge in [-0.1, -0.05) is 25.1 Å². The fraction of sp³-hybridized carbons (Fsp3) is 0.600. The first-order valence-corrected chi connectivity index (χ1v) is 9.02. The molecule has 2 aromatic rings. The van der Waals surface area contributed by atoms with E-state index in [2.05, 4.69) is 55.2 Å². The van der Waals surface area contributed by atoms with E-state index in [0.717, 1.165) is 25.9 Å². The number of nitrogens with zero attached hydrogens (tertiary/aromatic N) is 1. The number of hydrogen-bond acceptors (Lipinski definition) is 2. The van der Waals surface area contributed by atoms with Gasteiger partial charge in [-0.2, -0.15) is 0 Å². The molecule has 124 valence electrons. The molecule has 3 nitrogen and oxygen atoms in total. The zero-order chi connectivity index (χ0) is 16.1. The van der Waals surface area contributed by atoms with Crippen LogP contribution in [0.1, 0.15) is 50.3 Å². The van der Waals surface area contributed by atoms with Crippen molar-refractivity contribution in [2.45, 2.75) is 56.6 Å². The largest absolute Gasteiger partial charge is 0.368 e. The van der Waals surface area contributed by atoms with Crippen LogP contribution >= 0.6 is 0 Å². The van der Waals surface area contributed by atoms with Gasteiger partial charge in [-0.15, -0.1) is 0 Å². The van der Waals surface area contributed by atoms with Gasteiger partial charge < -0.3 is 14.6 Å². The quantitative estimate of drug-likeness (QED) is 0.899. The van der Waals surface area contributed by atoms with Crippen molar-refractivity contribution in [3.05, 3.63) is 35.5 Å². The van der Waals surface area contributed by atoms with E-state index < -0.39 is 0 Å². The molecule has 3 heteroatoms. The van der Waals surface area contributed by atoms with Gasteiger partial charge in [0, 0.05) is 16.4 Å². The molecule has 2 heterocycles. The van der Waals surface area contributed by atoms with Crippen molar-refractivity contribution in [2.75, 3.05) is 20.7 Å². The Morgan fingerprint density at radius 3 is 2.57 bits per heavy atom. The Hall–Kier alpha value is -1.32. The summed E-state index contributed by atoms with van der Waals surface area (Å²) < 4.78 is 6.43. The van der Waals surface area contributed by atoms with Gasteiger partial charge in [-0.3, -0.25) is 0 Å². The fourth-order valence-corrected chi connectivity index (χ4v) is 4.90. The van der Waals surface area contributed by atoms with Crippen LogP contribution in [0.3, 0.4) is 0 Å². The third kappa shape index (κ3) is 2.17. The molecule has 4 rings (SSSR count). The number of H-pyrrole nitrogens is 1. The molecule has 0 unspecified atom stereocenters. The molecule has 0 bridgehead atoms. The lowest BCUT2D eigenvalue weighted by Crippen LogP contribution is -2.51. The number of hydrogen-bond donors (Lipinski definition) is 1. The van der Waals surface area contributed by atoms with Crippen molar-refractivity contribution >= 4 is 10.9 Å². The molecule has 1 spiro atoms. The van der Waals surface area contributed by atoms with Gasteiger partial charge in [-0.25, -0.2) is 0 Å². The summed E-state index contributed by atoms with van der Waals surface area (Å²) in [5.41, 5.74) is 4.40. The van der Waals surface area contributed by atoms with E-state index in [0.29, 0.717) is 5.54 Å². The molecular formula is C20H28N2O. The second-order valence-electron chi connectivity index (χ2n) is 7.59. The number of ether oxygens (including phenoxy) is 1. The minimum atomic E-state index is -0.0821. The Kier molecular flexibility index (Phi) is 3.54. The molecule has 0 amide bonds. The van der Waals surface area contributed by atoms with E-state index in [4.69, 9.17) is 4.74 Å². The maximum Gasteiger partial charge on any atom is 0.108 e. The first kappa shape index (κ1) is 15.2. The molecule has 0 radical (unpaired) electrons. The molecule has 1 aliphatic heterocycles.